The Bertz CT molecular complexity index is 244. The lowest BCUT2D eigenvalue weighted by Gasteiger charge is -2.12. The van der Waals surface area contributed by atoms with Gasteiger partial charge in [0.2, 0.25) is 0 Å². The molecule has 0 saturated heterocycles. The van der Waals surface area contributed by atoms with Crippen LogP contribution < -0.4 is 0 Å². The Labute approximate surface area is 77.2 Å². The van der Waals surface area contributed by atoms with Gasteiger partial charge in [-0.05, 0) is 12.2 Å². The zero-order valence-electron chi connectivity index (χ0n) is 6.57. The zero-order chi connectivity index (χ0) is 8.48. The predicted octanol–water partition coefficient (Wildman–Crippen LogP) is 3.83. The minimum absolute atomic E-state index is 0.00419. The van der Waals surface area contributed by atoms with E-state index < -0.39 is 0 Å². The summed E-state index contributed by atoms with van der Waals surface area (Å²) >= 11 is 11.7. The second-order valence-electron chi connectivity index (χ2n) is 3.21. The Morgan fingerprint density at radius 1 is 1.18 bits per heavy atom. The molecule has 1 aliphatic carbocycles. The number of rotatable bonds is 0. The largest absolute Gasteiger partial charge is 0.0846 e. The van der Waals surface area contributed by atoms with Crippen LogP contribution in [0.25, 0.3) is 0 Å². The molecule has 2 heteroatoms. The quantitative estimate of drug-likeness (QED) is 0.543. The van der Waals surface area contributed by atoms with Gasteiger partial charge in [-0.1, -0.05) is 49.2 Å². The molecular formula is C9H10Cl2. The average molecular weight is 189 g/mol. The highest BCUT2D eigenvalue weighted by molar-refractivity contribution is 6.35. The molecule has 0 nitrogen and oxygen atoms in total. The molecular weight excluding hydrogens is 179 g/mol. The molecule has 0 aromatic heterocycles. The van der Waals surface area contributed by atoms with E-state index in [0.717, 1.165) is 0 Å². The Morgan fingerprint density at radius 2 is 1.82 bits per heavy atom. The molecule has 0 aromatic rings. The van der Waals surface area contributed by atoms with Gasteiger partial charge >= 0.3 is 0 Å². The van der Waals surface area contributed by atoms with Gasteiger partial charge in [0.05, 0.1) is 0 Å². The first kappa shape index (κ1) is 8.89. The first-order chi connectivity index (χ1) is 4.99. The Morgan fingerprint density at radius 3 is 2.45 bits per heavy atom. The molecule has 0 amide bonds. The van der Waals surface area contributed by atoms with E-state index in [4.69, 9.17) is 23.2 Å². The van der Waals surface area contributed by atoms with E-state index in [1.807, 2.05) is 18.2 Å². The maximum Gasteiger partial charge on any atom is 0.0417 e. The second kappa shape index (κ2) is 3.04. The fourth-order valence-corrected chi connectivity index (χ4v) is 1.55. The van der Waals surface area contributed by atoms with Gasteiger partial charge in [0.25, 0.3) is 0 Å². The molecule has 11 heavy (non-hydrogen) atoms. The molecule has 0 aliphatic heterocycles. The summed E-state index contributed by atoms with van der Waals surface area (Å²) in [7, 11) is 0. The lowest BCUT2D eigenvalue weighted by molar-refractivity contribution is 0.626. The van der Waals surface area contributed by atoms with Gasteiger partial charge in [-0.2, -0.15) is 0 Å². The summed E-state index contributed by atoms with van der Waals surface area (Å²) in [6.45, 7) is 4.16. The van der Waals surface area contributed by atoms with Crippen molar-refractivity contribution in [2.24, 2.45) is 5.41 Å². The van der Waals surface area contributed by atoms with E-state index in [1.54, 1.807) is 6.08 Å². The van der Waals surface area contributed by atoms with Gasteiger partial charge in [0, 0.05) is 15.5 Å². The normalized spacial score (nSPS) is 22.2. The predicted molar refractivity (Wildman–Crippen MR) is 50.8 cm³/mol. The van der Waals surface area contributed by atoms with E-state index in [0.29, 0.717) is 10.1 Å². The summed E-state index contributed by atoms with van der Waals surface area (Å²) in [4.78, 5) is 0. The van der Waals surface area contributed by atoms with Crippen molar-refractivity contribution in [3.63, 3.8) is 0 Å². The van der Waals surface area contributed by atoms with Gasteiger partial charge < -0.3 is 0 Å². The van der Waals surface area contributed by atoms with Crippen molar-refractivity contribution in [3.8, 4) is 0 Å². The van der Waals surface area contributed by atoms with Crippen molar-refractivity contribution in [1.82, 2.24) is 0 Å². The van der Waals surface area contributed by atoms with Crippen molar-refractivity contribution >= 4 is 23.2 Å². The van der Waals surface area contributed by atoms with Crippen LogP contribution in [0.4, 0.5) is 0 Å². The van der Waals surface area contributed by atoms with Crippen LogP contribution >= 0.6 is 23.2 Å². The van der Waals surface area contributed by atoms with E-state index in [1.165, 1.54) is 0 Å². The molecule has 0 radical (unpaired) electrons. The molecule has 0 spiro atoms. The van der Waals surface area contributed by atoms with Crippen LogP contribution in [0.2, 0.25) is 0 Å². The first-order valence-corrected chi connectivity index (χ1v) is 4.20. The number of allylic oxidation sites excluding steroid dienone is 6. The summed E-state index contributed by atoms with van der Waals surface area (Å²) in [5, 5.41) is 1.38. The highest BCUT2D eigenvalue weighted by Gasteiger charge is 2.12. The maximum absolute atomic E-state index is 5.86. The SMILES string of the molecule is CC1(C)C=CC(Cl)=CC(Cl)=C1. The summed E-state index contributed by atoms with van der Waals surface area (Å²) in [5.74, 6) is 0. The molecule has 0 saturated carbocycles. The van der Waals surface area contributed by atoms with Crippen molar-refractivity contribution in [3.05, 3.63) is 34.4 Å². The van der Waals surface area contributed by atoms with Crippen molar-refractivity contribution in [2.75, 3.05) is 0 Å². The summed E-state index contributed by atoms with van der Waals surface area (Å²) in [6, 6.07) is 0. The fourth-order valence-electron chi connectivity index (χ4n) is 0.919. The summed E-state index contributed by atoms with van der Waals surface area (Å²) in [5.41, 5.74) is 0.00419. The topological polar surface area (TPSA) is 0 Å². The Balaban J connectivity index is 3.02. The van der Waals surface area contributed by atoms with E-state index in [9.17, 15) is 0 Å². The highest BCUT2D eigenvalue weighted by atomic mass is 35.5. The third-order valence-electron chi connectivity index (χ3n) is 1.46. The third kappa shape index (κ3) is 2.72. The van der Waals surface area contributed by atoms with Crippen LogP contribution in [0.5, 0.6) is 0 Å². The van der Waals surface area contributed by atoms with Crippen molar-refractivity contribution in [2.45, 2.75) is 13.8 Å². The molecule has 0 aromatic carbocycles. The van der Waals surface area contributed by atoms with Gasteiger partial charge in [-0.25, -0.2) is 0 Å². The summed E-state index contributed by atoms with van der Waals surface area (Å²) in [6.07, 6.45) is 7.61. The standard InChI is InChI=1S/C9H10Cl2/c1-9(2)4-3-7(10)5-8(11)6-9/h3-6H,1-2H3. The molecule has 60 valence electrons. The van der Waals surface area contributed by atoms with Gasteiger partial charge in [-0.15, -0.1) is 0 Å². The number of hydrogen-bond acceptors (Lipinski definition) is 0. The molecule has 1 rings (SSSR count). The Kier molecular flexibility index (Phi) is 2.46. The van der Waals surface area contributed by atoms with Crippen LogP contribution in [0, 0.1) is 5.41 Å². The molecule has 0 N–H and O–H groups in total. The fraction of sp³-hybridized carbons (Fsp3) is 0.333. The van der Waals surface area contributed by atoms with Gasteiger partial charge in [-0.3, -0.25) is 0 Å². The number of halogens is 2. The first-order valence-electron chi connectivity index (χ1n) is 3.44. The highest BCUT2D eigenvalue weighted by Crippen LogP contribution is 2.28. The lowest BCUT2D eigenvalue weighted by Crippen LogP contribution is -2.01. The van der Waals surface area contributed by atoms with E-state index >= 15 is 0 Å². The molecule has 0 bridgehead atoms. The number of hydrogen-bond donors (Lipinski definition) is 0. The molecule has 0 atom stereocenters. The molecule has 0 unspecified atom stereocenters. The van der Waals surface area contributed by atoms with Crippen LogP contribution in [0.15, 0.2) is 34.4 Å². The van der Waals surface area contributed by atoms with Crippen LogP contribution in [0.3, 0.4) is 0 Å². The second-order valence-corrected chi connectivity index (χ2v) is 4.09. The average Bonchev–Trinajstić information content (AvgIpc) is 1.90. The zero-order valence-corrected chi connectivity index (χ0v) is 8.08. The van der Waals surface area contributed by atoms with Gasteiger partial charge in [0.15, 0.2) is 0 Å². The molecule has 0 heterocycles. The minimum Gasteiger partial charge on any atom is -0.0846 e. The summed E-state index contributed by atoms with van der Waals surface area (Å²) < 4.78 is 0. The van der Waals surface area contributed by atoms with Crippen LogP contribution in [-0.4, -0.2) is 0 Å². The van der Waals surface area contributed by atoms with Crippen LogP contribution in [0.1, 0.15) is 13.8 Å². The third-order valence-corrected chi connectivity index (χ3v) is 1.91. The minimum atomic E-state index is 0.00419. The van der Waals surface area contributed by atoms with Crippen molar-refractivity contribution < 1.29 is 0 Å². The van der Waals surface area contributed by atoms with Gasteiger partial charge in [0.1, 0.15) is 0 Å². The lowest BCUT2D eigenvalue weighted by atomic mass is 9.93. The smallest absolute Gasteiger partial charge is 0.0417 e. The Hall–Kier alpha value is -0.200. The molecule has 0 fully saturated rings. The maximum atomic E-state index is 5.86. The molecule has 1 aliphatic rings. The van der Waals surface area contributed by atoms with E-state index in [-0.39, 0.29) is 5.41 Å². The van der Waals surface area contributed by atoms with Crippen LogP contribution in [-0.2, 0) is 0 Å². The monoisotopic (exact) mass is 188 g/mol. The van der Waals surface area contributed by atoms with E-state index in [2.05, 4.69) is 13.8 Å². The van der Waals surface area contributed by atoms with Crippen molar-refractivity contribution in [1.29, 1.82) is 0 Å².